The van der Waals surface area contributed by atoms with Crippen molar-refractivity contribution in [2.45, 2.75) is 44.0 Å². The fourth-order valence-electron chi connectivity index (χ4n) is 3.43. The van der Waals surface area contributed by atoms with Crippen LogP contribution in [0.2, 0.25) is 0 Å². The lowest BCUT2D eigenvalue weighted by Gasteiger charge is -2.33. The van der Waals surface area contributed by atoms with E-state index in [-0.39, 0.29) is 30.5 Å². The first-order chi connectivity index (χ1) is 12.0. The third kappa shape index (κ3) is 4.21. The Bertz CT molecular complexity index is 716. The molecule has 5 unspecified atom stereocenters. The first kappa shape index (κ1) is 18.3. The average Bonchev–Trinajstić information content (AvgIpc) is 2.61. The molecule has 3 N–H and O–H groups in total. The van der Waals surface area contributed by atoms with Crippen LogP contribution in [0.4, 0.5) is 0 Å². The van der Waals surface area contributed by atoms with Gasteiger partial charge in [-0.2, -0.15) is 0 Å². The summed E-state index contributed by atoms with van der Waals surface area (Å²) < 4.78 is 5.94. The van der Waals surface area contributed by atoms with E-state index >= 15 is 0 Å². The SMILES string of the molecule is CC(c1ccc(O)cc1)c1cc(C2CC(O)CC(CO)O2)ccc1P. The number of aliphatic hydroxyl groups excluding tert-OH is 2. The van der Waals surface area contributed by atoms with Gasteiger partial charge in [0.05, 0.1) is 24.9 Å². The predicted octanol–water partition coefficient (Wildman–Crippen LogP) is 2.62. The van der Waals surface area contributed by atoms with E-state index < -0.39 is 6.10 Å². The summed E-state index contributed by atoms with van der Waals surface area (Å²) in [7, 11) is 2.77. The van der Waals surface area contributed by atoms with Crippen molar-refractivity contribution >= 4 is 14.5 Å². The molecule has 0 aliphatic carbocycles. The number of rotatable bonds is 4. The van der Waals surface area contributed by atoms with Gasteiger partial charge in [-0.25, -0.2) is 0 Å². The van der Waals surface area contributed by atoms with E-state index in [1.54, 1.807) is 12.1 Å². The summed E-state index contributed by atoms with van der Waals surface area (Å²) in [5, 5.41) is 30.0. The zero-order valence-electron chi connectivity index (χ0n) is 14.3. The van der Waals surface area contributed by atoms with Gasteiger partial charge in [0.25, 0.3) is 0 Å². The van der Waals surface area contributed by atoms with Crippen molar-refractivity contribution in [3.8, 4) is 5.75 Å². The number of hydrogen-bond acceptors (Lipinski definition) is 4. The molecule has 5 heteroatoms. The molecule has 0 bridgehead atoms. The molecule has 1 aliphatic heterocycles. The minimum Gasteiger partial charge on any atom is -0.508 e. The zero-order valence-corrected chi connectivity index (χ0v) is 15.5. The molecular weight excluding hydrogens is 335 g/mol. The van der Waals surface area contributed by atoms with Crippen LogP contribution in [0.15, 0.2) is 42.5 Å². The fraction of sp³-hybridized carbons (Fsp3) is 0.400. The standard InChI is InChI=1S/C20H25O4P/c1-12(13-2-5-15(22)6-3-13)18-8-14(4-7-20(18)25)19-10-16(23)9-17(11-21)24-19/h2-8,12,16-17,19,21-23H,9-11,25H2,1H3. The van der Waals surface area contributed by atoms with Crippen LogP contribution in [-0.2, 0) is 4.74 Å². The Labute approximate surface area is 150 Å². The van der Waals surface area contributed by atoms with Crippen LogP contribution in [0.5, 0.6) is 5.75 Å². The van der Waals surface area contributed by atoms with Crippen molar-refractivity contribution in [2.24, 2.45) is 0 Å². The second-order valence-corrected chi connectivity index (χ2v) is 7.38. The summed E-state index contributed by atoms with van der Waals surface area (Å²) in [6.07, 6.45) is 0.0369. The normalized spacial score (nSPS) is 24.9. The molecule has 1 heterocycles. The Morgan fingerprint density at radius 1 is 1.16 bits per heavy atom. The molecule has 1 aliphatic rings. The minimum atomic E-state index is -0.454. The van der Waals surface area contributed by atoms with E-state index in [2.05, 4.69) is 22.2 Å². The highest BCUT2D eigenvalue weighted by Gasteiger charge is 2.29. The maximum Gasteiger partial charge on any atom is 0.115 e. The first-order valence-electron chi connectivity index (χ1n) is 8.60. The molecule has 0 amide bonds. The van der Waals surface area contributed by atoms with Gasteiger partial charge in [-0.05, 0) is 34.1 Å². The van der Waals surface area contributed by atoms with Crippen LogP contribution in [-0.4, -0.2) is 34.1 Å². The van der Waals surface area contributed by atoms with Crippen LogP contribution >= 0.6 is 9.24 Å². The summed E-state index contributed by atoms with van der Waals surface area (Å²) in [5.41, 5.74) is 3.30. The van der Waals surface area contributed by atoms with Crippen LogP contribution in [0, 0.1) is 0 Å². The lowest BCUT2D eigenvalue weighted by molar-refractivity contribution is -0.113. The molecule has 134 valence electrons. The number of hydrogen-bond donors (Lipinski definition) is 3. The number of benzene rings is 2. The van der Waals surface area contributed by atoms with E-state index in [4.69, 9.17) is 4.74 Å². The second kappa shape index (κ2) is 7.84. The van der Waals surface area contributed by atoms with Crippen LogP contribution in [0.1, 0.15) is 48.5 Å². The third-order valence-electron chi connectivity index (χ3n) is 4.92. The van der Waals surface area contributed by atoms with Gasteiger partial charge in [-0.1, -0.05) is 37.3 Å². The number of phenols is 1. The van der Waals surface area contributed by atoms with Crippen molar-refractivity contribution in [3.05, 3.63) is 59.2 Å². The Hall–Kier alpha value is -1.45. The molecular formula is C20H25O4P. The van der Waals surface area contributed by atoms with E-state index in [1.807, 2.05) is 24.3 Å². The summed E-state index contributed by atoms with van der Waals surface area (Å²) in [5.74, 6) is 0.422. The smallest absolute Gasteiger partial charge is 0.115 e. The molecule has 25 heavy (non-hydrogen) atoms. The largest absolute Gasteiger partial charge is 0.508 e. The van der Waals surface area contributed by atoms with E-state index in [1.165, 1.54) is 0 Å². The predicted molar refractivity (Wildman–Crippen MR) is 101 cm³/mol. The number of ether oxygens (including phenoxy) is 1. The molecule has 5 atom stereocenters. The van der Waals surface area contributed by atoms with Crippen molar-refractivity contribution < 1.29 is 20.1 Å². The Kier molecular flexibility index (Phi) is 5.75. The monoisotopic (exact) mass is 360 g/mol. The molecule has 2 aromatic carbocycles. The fourth-order valence-corrected chi connectivity index (χ4v) is 3.86. The highest BCUT2D eigenvalue weighted by molar-refractivity contribution is 7.27. The molecule has 2 aromatic rings. The molecule has 0 spiro atoms. The van der Waals surface area contributed by atoms with Gasteiger partial charge in [0.1, 0.15) is 5.75 Å². The topological polar surface area (TPSA) is 69.9 Å². The number of aliphatic hydroxyl groups is 2. The first-order valence-corrected chi connectivity index (χ1v) is 9.18. The molecule has 0 radical (unpaired) electrons. The van der Waals surface area contributed by atoms with Crippen molar-refractivity contribution in [3.63, 3.8) is 0 Å². The van der Waals surface area contributed by atoms with Gasteiger partial charge in [0.15, 0.2) is 0 Å². The maximum absolute atomic E-state index is 10.1. The van der Waals surface area contributed by atoms with Gasteiger partial charge in [0.2, 0.25) is 0 Å². The number of phenolic OH excluding ortho intramolecular Hbond substituents is 1. The van der Waals surface area contributed by atoms with Crippen molar-refractivity contribution in [1.82, 2.24) is 0 Å². The van der Waals surface area contributed by atoms with Crippen LogP contribution in [0.25, 0.3) is 0 Å². The van der Waals surface area contributed by atoms with E-state index in [0.29, 0.717) is 12.8 Å². The van der Waals surface area contributed by atoms with Crippen molar-refractivity contribution in [1.29, 1.82) is 0 Å². The molecule has 3 rings (SSSR count). The molecule has 4 nitrogen and oxygen atoms in total. The average molecular weight is 360 g/mol. The van der Waals surface area contributed by atoms with Crippen molar-refractivity contribution in [2.75, 3.05) is 6.61 Å². The molecule has 1 fully saturated rings. The quantitative estimate of drug-likeness (QED) is 0.733. The highest BCUT2D eigenvalue weighted by Crippen LogP contribution is 2.34. The second-order valence-electron chi connectivity index (χ2n) is 6.76. The zero-order chi connectivity index (χ0) is 18.0. The summed E-state index contributed by atoms with van der Waals surface area (Å²) in [6, 6.07) is 13.4. The van der Waals surface area contributed by atoms with E-state index in [9.17, 15) is 15.3 Å². The lowest BCUT2D eigenvalue weighted by Crippen LogP contribution is -2.33. The summed E-state index contributed by atoms with van der Waals surface area (Å²) >= 11 is 0. The molecule has 0 saturated carbocycles. The Balaban J connectivity index is 1.88. The third-order valence-corrected chi connectivity index (χ3v) is 5.45. The maximum atomic E-state index is 10.1. The Morgan fingerprint density at radius 3 is 2.56 bits per heavy atom. The Morgan fingerprint density at radius 2 is 1.88 bits per heavy atom. The van der Waals surface area contributed by atoms with Gasteiger partial charge in [0, 0.05) is 18.8 Å². The highest BCUT2D eigenvalue weighted by atomic mass is 31.0. The van der Waals surface area contributed by atoms with Gasteiger partial charge in [-0.15, -0.1) is 9.24 Å². The van der Waals surface area contributed by atoms with Gasteiger partial charge < -0.3 is 20.1 Å². The lowest BCUT2D eigenvalue weighted by atomic mass is 9.89. The van der Waals surface area contributed by atoms with Gasteiger partial charge in [-0.3, -0.25) is 0 Å². The summed E-state index contributed by atoms with van der Waals surface area (Å²) in [4.78, 5) is 0. The number of aromatic hydroxyl groups is 1. The van der Waals surface area contributed by atoms with Crippen LogP contribution < -0.4 is 5.30 Å². The minimum absolute atomic E-state index is 0.0773. The van der Waals surface area contributed by atoms with Gasteiger partial charge >= 0.3 is 0 Å². The summed E-state index contributed by atoms with van der Waals surface area (Å²) in [6.45, 7) is 2.05. The van der Waals surface area contributed by atoms with E-state index in [0.717, 1.165) is 22.0 Å². The molecule has 0 aromatic heterocycles. The van der Waals surface area contributed by atoms with Crippen LogP contribution in [0.3, 0.4) is 0 Å². The molecule has 1 saturated heterocycles.